The molecule has 0 aliphatic carbocycles. The van der Waals surface area contributed by atoms with Gasteiger partial charge >= 0.3 is 12.0 Å². The van der Waals surface area contributed by atoms with E-state index in [1.54, 1.807) is 11.8 Å². The van der Waals surface area contributed by atoms with E-state index in [1.165, 1.54) is 4.90 Å². The highest BCUT2D eigenvalue weighted by atomic mass is 32.2. The number of carbonyl (C=O) groups excluding carboxylic acids is 1. The lowest BCUT2D eigenvalue weighted by Gasteiger charge is -2.29. The van der Waals surface area contributed by atoms with E-state index in [4.69, 9.17) is 0 Å². The number of hydrogen-bond donors (Lipinski definition) is 2. The molecule has 6 heteroatoms. The van der Waals surface area contributed by atoms with Crippen LogP contribution >= 0.6 is 11.8 Å². The zero-order valence-electron chi connectivity index (χ0n) is 13.5. The van der Waals surface area contributed by atoms with Crippen LogP contribution in [-0.4, -0.2) is 45.2 Å². The standard InChI is InChI=1S/C15H28N2O3S/c1-5-7-13-17(12(9-21-13)14(18)19)15(20)16-11(4)8-10(3)6-2/h10-13H,5-9H2,1-4H3,(H,16,20)(H,18,19). The second-order valence-electron chi connectivity index (χ2n) is 5.94. The summed E-state index contributed by atoms with van der Waals surface area (Å²) < 4.78 is 0. The lowest BCUT2D eigenvalue weighted by Crippen LogP contribution is -2.52. The second-order valence-corrected chi connectivity index (χ2v) is 7.15. The van der Waals surface area contributed by atoms with E-state index < -0.39 is 12.0 Å². The van der Waals surface area contributed by atoms with Crippen molar-refractivity contribution in [3.8, 4) is 0 Å². The predicted molar refractivity (Wildman–Crippen MR) is 86.5 cm³/mol. The second kappa shape index (κ2) is 8.51. The fraction of sp³-hybridized carbons (Fsp3) is 0.867. The molecule has 0 saturated carbocycles. The van der Waals surface area contributed by atoms with Crippen LogP contribution in [0.2, 0.25) is 0 Å². The van der Waals surface area contributed by atoms with Crippen molar-refractivity contribution in [2.45, 2.75) is 70.8 Å². The minimum absolute atomic E-state index is 0.0214. The van der Waals surface area contributed by atoms with Crippen LogP contribution in [0.5, 0.6) is 0 Å². The minimum atomic E-state index is -0.911. The summed E-state index contributed by atoms with van der Waals surface area (Å²) in [6.07, 6.45) is 3.77. The molecule has 2 amide bonds. The highest BCUT2D eigenvalue weighted by Crippen LogP contribution is 2.32. The zero-order chi connectivity index (χ0) is 16.0. The number of aliphatic carboxylic acids is 1. The molecule has 21 heavy (non-hydrogen) atoms. The number of amides is 2. The van der Waals surface area contributed by atoms with Gasteiger partial charge in [0.05, 0.1) is 5.37 Å². The Morgan fingerprint density at radius 3 is 2.57 bits per heavy atom. The Morgan fingerprint density at radius 1 is 1.38 bits per heavy atom. The molecule has 1 saturated heterocycles. The third-order valence-electron chi connectivity index (χ3n) is 3.97. The maximum atomic E-state index is 12.5. The normalized spacial score (nSPS) is 24.7. The van der Waals surface area contributed by atoms with E-state index in [-0.39, 0.29) is 17.4 Å². The van der Waals surface area contributed by atoms with Crippen molar-refractivity contribution in [3.05, 3.63) is 0 Å². The first-order valence-electron chi connectivity index (χ1n) is 7.83. The number of nitrogens with zero attached hydrogens (tertiary/aromatic N) is 1. The molecule has 5 nitrogen and oxygen atoms in total. The summed E-state index contributed by atoms with van der Waals surface area (Å²) >= 11 is 1.57. The van der Waals surface area contributed by atoms with Crippen LogP contribution in [0.25, 0.3) is 0 Å². The summed E-state index contributed by atoms with van der Waals surface area (Å²) in [6, 6.07) is -0.876. The van der Waals surface area contributed by atoms with Gasteiger partial charge in [-0.2, -0.15) is 0 Å². The van der Waals surface area contributed by atoms with E-state index in [2.05, 4.69) is 26.1 Å². The van der Waals surface area contributed by atoms with E-state index in [9.17, 15) is 14.7 Å². The summed E-state index contributed by atoms with van der Waals surface area (Å²) in [5.41, 5.74) is 0. The average Bonchev–Trinajstić information content (AvgIpc) is 2.82. The van der Waals surface area contributed by atoms with E-state index in [0.717, 1.165) is 25.7 Å². The molecule has 122 valence electrons. The Hall–Kier alpha value is -0.910. The summed E-state index contributed by atoms with van der Waals surface area (Å²) in [6.45, 7) is 8.33. The average molecular weight is 316 g/mol. The number of hydrogen-bond acceptors (Lipinski definition) is 3. The lowest BCUT2D eigenvalue weighted by molar-refractivity contribution is -0.141. The highest BCUT2D eigenvalue weighted by Gasteiger charge is 2.41. The molecule has 0 radical (unpaired) electrons. The van der Waals surface area contributed by atoms with Gasteiger partial charge in [-0.3, -0.25) is 4.90 Å². The molecule has 1 aliphatic rings. The van der Waals surface area contributed by atoms with Crippen molar-refractivity contribution in [2.24, 2.45) is 5.92 Å². The fourth-order valence-corrected chi connectivity index (χ4v) is 4.12. The Bertz CT molecular complexity index is 365. The van der Waals surface area contributed by atoms with Gasteiger partial charge in [0, 0.05) is 11.8 Å². The van der Waals surface area contributed by atoms with Gasteiger partial charge < -0.3 is 10.4 Å². The van der Waals surface area contributed by atoms with Gasteiger partial charge in [0.25, 0.3) is 0 Å². The molecule has 1 heterocycles. The summed E-state index contributed by atoms with van der Waals surface area (Å²) in [5.74, 6) is 0.119. The van der Waals surface area contributed by atoms with E-state index >= 15 is 0 Å². The van der Waals surface area contributed by atoms with Crippen molar-refractivity contribution in [1.82, 2.24) is 10.2 Å². The van der Waals surface area contributed by atoms with Crippen molar-refractivity contribution in [1.29, 1.82) is 0 Å². The number of thioether (sulfide) groups is 1. The number of carboxylic acids is 1. The smallest absolute Gasteiger partial charge is 0.327 e. The van der Waals surface area contributed by atoms with Gasteiger partial charge in [-0.1, -0.05) is 33.6 Å². The molecule has 0 bridgehead atoms. The Morgan fingerprint density at radius 2 is 2.05 bits per heavy atom. The van der Waals surface area contributed by atoms with Gasteiger partial charge in [-0.15, -0.1) is 11.8 Å². The third-order valence-corrected chi connectivity index (χ3v) is 5.33. The molecule has 4 atom stereocenters. The van der Waals surface area contributed by atoms with Crippen LogP contribution in [0.1, 0.15) is 53.4 Å². The van der Waals surface area contributed by atoms with E-state index in [0.29, 0.717) is 11.7 Å². The van der Waals surface area contributed by atoms with Crippen LogP contribution in [0, 0.1) is 5.92 Å². The fourth-order valence-electron chi connectivity index (χ4n) is 2.61. The molecule has 1 fully saturated rings. The lowest BCUT2D eigenvalue weighted by atomic mass is 10.0. The molecule has 0 aromatic heterocycles. The topological polar surface area (TPSA) is 69.6 Å². The first kappa shape index (κ1) is 18.1. The monoisotopic (exact) mass is 316 g/mol. The SMILES string of the molecule is CCCC1SCC(C(=O)O)N1C(=O)NC(C)CC(C)CC. The first-order valence-corrected chi connectivity index (χ1v) is 8.88. The molecule has 1 rings (SSSR count). The summed E-state index contributed by atoms with van der Waals surface area (Å²) in [5, 5.41) is 12.3. The molecule has 0 spiro atoms. The first-order chi connectivity index (χ1) is 9.90. The van der Waals surface area contributed by atoms with Crippen LogP contribution in [0.3, 0.4) is 0 Å². The maximum Gasteiger partial charge on any atom is 0.327 e. The Kier molecular flexibility index (Phi) is 7.35. The number of nitrogens with one attached hydrogen (secondary N) is 1. The third kappa shape index (κ3) is 5.09. The van der Waals surface area contributed by atoms with Crippen LogP contribution < -0.4 is 5.32 Å². The molecule has 1 aliphatic heterocycles. The largest absolute Gasteiger partial charge is 0.480 e. The quantitative estimate of drug-likeness (QED) is 0.757. The maximum absolute atomic E-state index is 12.5. The van der Waals surface area contributed by atoms with Crippen LogP contribution in [0.4, 0.5) is 4.79 Å². The number of carboxylic acid groups (broad SMARTS) is 1. The predicted octanol–water partition coefficient (Wildman–Crippen LogP) is 3.15. The van der Waals surface area contributed by atoms with Crippen LogP contribution in [0.15, 0.2) is 0 Å². The highest BCUT2D eigenvalue weighted by molar-refractivity contribution is 8.00. The van der Waals surface area contributed by atoms with E-state index in [1.807, 2.05) is 6.92 Å². The number of urea groups is 1. The van der Waals surface area contributed by atoms with Crippen molar-refractivity contribution in [3.63, 3.8) is 0 Å². The molecular formula is C15H28N2O3S. The van der Waals surface area contributed by atoms with Gasteiger partial charge in [0.2, 0.25) is 0 Å². The van der Waals surface area contributed by atoms with Crippen molar-refractivity contribution >= 4 is 23.8 Å². The Balaban J connectivity index is 2.68. The molecule has 0 aromatic carbocycles. The Labute approximate surface area is 131 Å². The summed E-state index contributed by atoms with van der Waals surface area (Å²) in [7, 11) is 0. The number of carbonyl (C=O) groups is 2. The molecule has 0 aromatic rings. The molecule has 4 unspecified atom stereocenters. The zero-order valence-corrected chi connectivity index (χ0v) is 14.3. The molecular weight excluding hydrogens is 288 g/mol. The van der Waals surface area contributed by atoms with Gasteiger partial charge in [-0.05, 0) is 25.7 Å². The van der Waals surface area contributed by atoms with Gasteiger partial charge in [0.1, 0.15) is 6.04 Å². The molecule has 2 N–H and O–H groups in total. The number of rotatable bonds is 7. The van der Waals surface area contributed by atoms with Crippen molar-refractivity contribution in [2.75, 3.05) is 5.75 Å². The van der Waals surface area contributed by atoms with Crippen LogP contribution in [-0.2, 0) is 4.79 Å². The van der Waals surface area contributed by atoms with Gasteiger partial charge in [0.15, 0.2) is 0 Å². The van der Waals surface area contributed by atoms with Crippen molar-refractivity contribution < 1.29 is 14.7 Å². The minimum Gasteiger partial charge on any atom is -0.480 e. The van der Waals surface area contributed by atoms with Gasteiger partial charge in [-0.25, -0.2) is 9.59 Å². The summed E-state index contributed by atoms with van der Waals surface area (Å²) in [4.78, 5) is 25.3.